The summed E-state index contributed by atoms with van der Waals surface area (Å²) in [6.07, 6.45) is 17.5. The molecule has 1 rings (SSSR count). The fourth-order valence-corrected chi connectivity index (χ4v) is 6.29. The predicted molar refractivity (Wildman–Crippen MR) is 110 cm³/mol. The fourth-order valence-electron chi connectivity index (χ4n) is 3.19. The Morgan fingerprint density at radius 3 is 1.88 bits per heavy atom. The minimum Gasteiger partial charge on any atom is -0.480 e. The van der Waals surface area contributed by atoms with Crippen molar-refractivity contribution in [2.75, 3.05) is 0 Å². The lowest BCUT2D eigenvalue weighted by Crippen LogP contribution is -2.16. The number of carbonyl (C=O) groups is 1. The smallest absolute Gasteiger partial charge is 0.321 e. The maximum atomic E-state index is 11.5. The summed E-state index contributed by atoms with van der Waals surface area (Å²) in [6.45, 7) is 4.49. The van der Waals surface area contributed by atoms with E-state index in [-0.39, 0.29) is 5.25 Å². The van der Waals surface area contributed by atoms with Crippen molar-refractivity contribution in [3.8, 4) is 0 Å². The van der Waals surface area contributed by atoms with Crippen LogP contribution in [0, 0.1) is 0 Å². The molecule has 0 spiro atoms. The average molecular weight is 373 g/mol. The van der Waals surface area contributed by atoms with Crippen molar-refractivity contribution in [3.63, 3.8) is 0 Å². The summed E-state index contributed by atoms with van der Waals surface area (Å²) in [6, 6.07) is 0. The highest BCUT2D eigenvalue weighted by Crippen LogP contribution is 2.50. The first-order chi connectivity index (χ1) is 11.7. The van der Waals surface area contributed by atoms with E-state index in [0.29, 0.717) is 0 Å². The van der Waals surface area contributed by atoms with Crippen LogP contribution in [-0.4, -0.2) is 16.3 Å². The second kappa shape index (κ2) is 14.1. The molecule has 0 radical (unpaired) electrons. The molecule has 1 N–H and O–H groups in total. The van der Waals surface area contributed by atoms with E-state index in [4.69, 9.17) is 0 Å². The molecule has 0 aromatic carbocycles. The Bertz CT molecular complexity index is 380. The number of aliphatic carboxylic acids is 1. The van der Waals surface area contributed by atoms with Crippen LogP contribution in [0.4, 0.5) is 0 Å². The van der Waals surface area contributed by atoms with Gasteiger partial charge in [0.15, 0.2) is 0 Å². The van der Waals surface area contributed by atoms with Crippen LogP contribution in [0.15, 0.2) is 10.5 Å². The van der Waals surface area contributed by atoms with Gasteiger partial charge in [-0.25, -0.2) is 0 Å². The molecule has 0 saturated heterocycles. The molecule has 0 bridgehead atoms. The van der Waals surface area contributed by atoms with Gasteiger partial charge in [-0.05, 0) is 36.2 Å². The first-order valence-electron chi connectivity index (χ1n) is 9.98. The quantitative estimate of drug-likeness (QED) is 0.237. The first-order valence-corrected chi connectivity index (χ1v) is 12.2. The molecule has 4 heteroatoms. The van der Waals surface area contributed by atoms with E-state index in [1.165, 1.54) is 81.1 Å². The van der Waals surface area contributed by atoms with Crippen LogP contribution in [0.3, 0.4) is 0 Å². The largest absolute Gasteiger partial charge is 0.480 e. The number of allylic oxidation sites excluding steroid dienone is 1. The maximum Gasteiger partial charge on any atom is 0.321 e. The Hall–Kier alpha value is -0.0900. The van der Waals surface area contributed by atoms with Gasteiger partial charge in [0.2, 0.25) is 0 Å². The molecule has 1 atom stereocenters. The number of hydrogen-bond donors (Lipinski definition) is 1. The maximum absolute atomic E-state index is 11.5. The SMILES string of the molecule is CCCCCCCCC1=C(CCCCCCCC)C(C(=O)O)SS1. The van der Waals surface area contributed by atoms with Crippen LogP contribution in [0.5, 0.6) is 0 Å². The van der Waals surface area contributed by atoms with E-state index < -0.39 is 5.97 Å². The number of unbranched alkanes of at least 4 members (excludes halogenated alkanes) is 10. The fraction of sp³-hybridized carbons (Fsp3) is 0.850. The Morgan fingerprint density at radius 2 is 1.33 bits per heavy atom. The molecule has 2 nitrogen and oxygen atoms in total. The molecule has 0 fully saturated rings. The van der Waals surface area contributed by atoms with E-state index in [9.17, 15) is 9.90 Å². The van der Waals surface area contributed by atoms with E-state index in [2.05, 4.69) is 13.8 Å². The van der Waals surface area contributed by atoms with Crippen LogP contribution in [0.2, 0.25) is 0 Å². The third-order valence-electron chi connectivity index (χ3n) is 4.70. The van der Waals surface area contributed by atoms with E-state index in [0.717, 1.165) is 19.3 Å². The Balaban J connectivity index is 2.37. The number of rotatable bonds is 15. The van der Waals surface area contributed by atoms with Gasteiger partial charge in [-0.2, -0.15) is 0 Å². The molecule has 0 saturated carbocycles. The van der Waals surface area contributed by atoms with Gasteiger partial charge in [-0.3, -0.25) is 4.79 Å². The normalized spacial score (nSPS) is 17.7. The predicted octanol–water partition coefficient (Wildman–Crippen LogP) is 7.59. The number of carboxylic acids is 1. The minimum absolute atomic E-state index is 0.291. The van der Waals surface area contributed by atoms with Gasteiger partial charge in [-0.1, -0.05) is 99.6 Å². The molecule has 1 heterocycles. The zero-order chi connectivity index (χ0) is 17.6. The van der Waals surface area contributed by atoms with Gasteiger partial charge >= 0.3 is 5.97 Å². The highest BCUT2D eigenvalue weighted by atomic mass is 33.1. The highest BCUT2D eigenvalue weighted by Gasteiger charge is 2.31. The summed E-state index contributed by atoms with van der Waals surface area (Å²) in [5.41, 5.74) is 1.24. The molecular formula is C20H36O2S2. The summed E-state index contributed by atoms with van der Waals surface area (Å²) in [4.78, 5) is 12.9. The lowest BCUT2D eigenvalue weighted by Gasteiger charge is -2.10. The number of carboxylic acid groups (broad SMARTS) is 1. The molecule has 0 aromatic rings. The average Bonchev–Trinajstić information content (AvgIpc) is 2.97. The second-order valence-corrected chi connectivity index (χ2v) is 9.28. The van der Waals surface area contributed by atoms with Gasteiger partial charge in [-0.15, -0.1) is 0 Å². The van der Waals surface area contributed by atoms with Gasteiger partial charge in [0, 0.05) is 0 Å². The van der Waals surface area contributed by atoms with Crippen LogP contribution in [0.25, 0.3) is 0 Å². The van der Waals surface area contributed by atoms with Crippen LogP contribution in [0.1, 0.15) is 104 Å². The molecule has 0 aliphatic carbocycles. The molecular weight excluding hydrogens is 336 g/mol. The molecule has 140 valence electrons. The molecule has 0 aromatic heterocycles. The van der Waals surface area contributed by atoms with Crippen molar-refractivity contribution in [2.45, 2.75) is 109 Å². The summed E-state index contributed by atoms with van der Waals surface area (Å²) in [5, 5.41) is 9.18. The van der Waals surface area contributed by atoms with Crippen molar-refractivity contribution >= 4 is 27.6 Å². The zero-order valence-corrected chi connectivity index (χ0v) is 17.3. The Labute approximate surface area is 157 Å². The lowest BCUT2D eigenvalue weighted by atomic mass is 10.00. The molecule has 1 unspecified atom stereocenters. The number of hydrogen-bond acceptors (Lipinski definition) is 3. The molecule has 1 aliphatic heterocycles. The van der Waals surface area contributed by atoms with Crippen molar-refractivity contribution in [1.82, 2.24) is 0 Å². The van der Waals surface area contributed by atoms with Gasteiger partial charge in [0.25, 0.3) is 0 Å². The summed E-state index contributed by atoms with van der Waals surface area (Å²) in [7, 11) is 3.30. The standard InChI is InChI=1S/C20H36O2S2/c1-3-5-7-9-11-13-15-17-18(23-24-19(17)20(21)22)16-14-12-10-8-6-4-2/h19H,3-16H2,1-2H3,(H,21,22). The van der Waals surface area contributed by atoms with Crippen molar-refractivity contribution in [1.29, 1.82) is 0 Å². The first kappa shape index (κ1) is 22.0. The van der Waals surface area contributed by atoms with E-state index in [1.54, 1.807) is 21.6 Å². The monoisotopic (exact) mass is 372 g/mol. The Morgan fingerprint density at radius 1 is 0.833 bits per heavy atom. The van der Waals surface area contributed by atoms with Crippen LogP contribution >= 0.6 is 21.6 Å². The highest BCUT2D eigenvalue weighted by molar-refractivity contribution is 8.79. The van der Waals surface area contributed by atoms with Crippen molar-refractivity contribution in [2.24, 2.45) is 0 Å². The van der Waals surface area contributed by atoms with Crippen molar-refractivity contribution in [3.05, 3.63) is 10.5 Å². The third kappa shape index (κ3) is 8.84. The molecule has 0 amide bonds. The minimum atomic E-state index is -0.647. The summed E-state index contributed by atoms with van der Waals surface area (Å²) in [5.74, 6) is -0.647. The van der Waals surface area contributed by atoms with Gasteiger partial charge < -0.3 is 5.11 Å². The van der Waals surface area contributed by atoms with E-state index >= 15 is 0 Å². The van der Waals surface area contributed by atoms with E-state index in [1.807, 2.05) is 0 Å². The Kier molecular flexibility index (Phi) is 12.9. The van der Waals surface area contributed by atoms with Crippen LogP contribution < -0.4 is 0 Å². The molecule has 1 aliphatic rings. The summed E-state index contributed by atoms with van der Waals surface area (Å²) < 4.78 is 0. The van der Waals surface area contributed by atoms with Gasteiger partial charge in [0.05, 0.1) is 0 Å². The second-order valence-electron chi connectivity index (χ2n) is 6.88. The van der Waals surface area contributed by atoms with Gasteiger partial charge in [0.1, 0.15) is 5.25 Å². The zero-order valence-electron chi connectivity index (χ0n) is 15.6. The topological polar surface area (TPSA) is 37.3 Å². The van der Waals surface area contributed by atoms with Crippen molar-refractivity contribution < 1.29 is 9.90 Å². The molecule has 24 heavy (non-hydrogen) atoms. The lowest BCUT2D eigenvalue weighted by molar-refractivity contribution is -0.135. The third-order valence-corrected chi connectivity index (χ3v) is 7.61. The van der Waals surface area contributed by atoms with Crippen LogP contribution in [-0.2, 0) is 4.79 Å². The summed E-state index contributed by atoms with van der Waals surface area (Å²) >= 11 is 0.